The molecule has 2 heterocycles. The van der Waals surface area contributed by atoms with Crippen molar-refractivity contribution in [2.45, 2.75) is 39.7 Å². The van der Waals surface area contributed by atoms with E-state index in [-0.39, 0.29) is 11.8 Å². The predicted octanol–water partition coefficient (Wildman–Crippen LogP) is 5.10. The Hall–Kier alpha value is -2.82. The molecule has 5 rings (SSSR count). The number of nitrogens with zero attached hydrogens (tertiary/aromatic N) is 2. The third-order valence-corrected chi connectivity index (χ3v) is 5.82. The van der Waals surface area contributed by atoms with Crippen LogP contribution in [0.4, 0.5) is 11.4 Å². The maximum Gasteiger partial charge on any atom is 0.196 e. The Kier molecular flexibility index (Phi) is 3.93. The van der Waals surface area contributed by atoms with Crippen LogP contribution in [0.1, 0.15) is 49.5 Å². The van der Waals surface area contributed by atoms with Crippen LogP contribution in [-0.2, 0) is 0 Å². The van der Waals surface area contributed by atoms with Crippen LogP contribution >= 0.6 is 0 Å². The highest BCUT2D eigenvalue weighted by molar-refractivity contribution is 6.28. The van der Waals surface area contributed by atoms with Crippen LogP contribution in [0.2, 0.25) is 0 Å². The Bertz CT molecular complexity index is 1080. The molecule has 1 N–H and O–H groups in total. The molecule has 0 unspecified atom stereocenters. The summed E-state index contributed by atoms with van der Waals surface area (Å²) in [6.45, 7) is 8.49. The van der Waals surface area contributed by atoms with E-state index in [0.29, 0.717) is 22.8 Å². The lowest BCUT2D eigenvalue weighted by Gasteiger charge is -2.33. The van der Waals surface area contributed by atoms with Crippen molar-refractivity contribution < 1.29 is 9.32 Å². The topological polar surface area (TPSA) is 58.4 Å². The zero-order valence-electron chi connectivity index (χ0n) is 16.6. The molecule has 2 aliphatic rings. The Morgan fingerprint density at radius 1 is 1.25 bits per heavy atom. The average molecular weight is 375 g/mol. The summed E-state index contributed by atoms with van der Waals surface area (Å²) in [4.78, 5) is 15.8. The van der Waals surface area contributed by atoms with Crippen molar-refractivity contribution in [1.82, 2.24) is 5.16 Å². The lowest BCUT2D eigenvalue weighted by atomic mass is 9.86. The average Bonchev–Trinajstić information content (AvgIpc) is 3.11. The third kappa shape index (κ3) is 2.53. The minimum atomic E-state index is 0.0398. The molecule has 5 nitrogen and oxygen atoms in total. The van der Waals surface area contributed by atoms with Gasteiger partial charge in [-0.3, -0.25) is 4.79 Å². The van der Waals surface area contributed by atoms with Gasteiger partial charge in [-0.15, -0.1) is 0 Å². The van der Waals surface area contributed by atoms with Crippen LogP contribution in [0.3, 0.4) is 0 Å². The number of anilines is 2. The summed E-state index contributed by atoms with van der Waals surface area (Å²) in [5, 5.41) is 8.80. The fourth-order valence-electron chi connectivity index (χ4n) is 4.62. The van der Waals surface area contributed by atoms with Crippen molar-refractivity contribution >= 4 is 28.1 Å². The molecule has 1 aromatic heterocycles. The van der Waals surface area contributed by atoms with Crippen LogP contribution in [0.15, 0.2) is 34.9 Å². The molecular weight excluding hydrogens is 350 g/mol. The quantitative estimate of drug-likeness (QED) is 0.540. The Balaban J connectivity index is 1.80. The van der Waals surface area contributed by atoms with Crippen molar-refractivity contribution in [3.63, 3.8) is 0 Å². The number of nitrogens with one attached hydrogen (secondary N) is 1. The Morgan fingerprint density at radius 2 is 2.04 bits per heavy atom. The molecule has 1 aliphatic carbocycles. The lowest BCUT2D eigenvalue weighted by Crippen LogP contribution is -2.34. The highest BCUT2D eigenvalue weighted by atomic mass is 16.5. The van der Waals surface area contributed by atoms with Crippen molar-refractivity contribution in [2.24, 2.45) is 5.92 Å². The number of benzene rings is 2. The van der Waals surface area contributed by atoms with E-state index < -0.39 is 0 Å². The first-order valence-electron chi connectivity index (χ1n) is 10.2. The first-order valence-corrected chi connectivity index (χ1v) is 10.2. The zero-order chi connectivity index (χ0) is 19.4. The van der Waals surface area contributed by atoms with Crippen molar-refractivity contribution in [2.75, 3.05) is 23.3 Å². The maximum absolute atomic E-state index is 13.4. The molecular formula is C23H25N3O2. The van der Waals surface area contributed by atoms with E-state index >= 15 is 0 Å². The summed E-state index contributed by atoms with van der Waals surface area (Å²) in [6, 6.07) is 9.97. The van der Waals surface area contributed by atoms with Crippen molar-refractivity contribution in [3.05, 3.63) is 41.5 Å². The highest BCUT2D eigenvalue weighted by Gasteiger charge is 2.34. The molecule has 0 spiro atoms. The summed E-state index contributed by atoms with van der Waals surface area (Å²) in [5.41, 5.74) is 4.94. The molecule has 3 aromatic rings. The van der Waals surface area contributed by atoms with Crippen molar-refractivity contribution in [1.29, 1.82) is 0 Å². The number of carbonyl (C=O) groups is 1. The lowest BCUT2D eigenvalue weighted by molar-refractivity contribution is 0.104. The van der Waals surface area contributed by atoms with E-state index in [4.69, 9.17) is 4.52 Å². The van der Waals surface area contributed by atoms with Gasteiger partial charge < -0.3 is 14.7 Å². The van der Waals surface area contributed by atoms with Gasteiger partial charge in [0.2, 0.25) is 0 Å². The second kappa shape index (κ2) is 6.36. The first-order chi connectivity index (χ1) is 13.5. The second-order valence-electron chi connectivity index (χ2n) is 8.42. The Morgan fingerprint density at radius 3 is 2.79 bits per heavy atom. The number of hydrogen-bond acceptors (Lipinski definition) is 5. The molecule has 0 amide bonds. The van der Waals surface area contributed by atoms with Crippen LogP contribution < -0.4 is 10.2 Å². The standard InChI is InChI=1S/C23H25N3O2/c1-13(2)24-17-11-18(26-10-6-7-14(3)12-26)21-20-19(17)22(27)15-8-4-5-9-16(15)23(20)28-25-21/h4-5,8-9,11,13-14,24H,6-7,10,12H2,1-3H3/t14-/m1/s1. The molecule has 0 bridgehead atoms. The van der Waals surface area contributed by atoms with Crippen LogP contribution in [-0.4, -0.2) is 30.1 Å². The molecule has 28 heavy (non-hydrogen) atoms. The second-order valence-corrected chi connectivity index (χ2v) is 8.42. The highest BCUT2D eigenvalue weighted by Crippen LogP contribution is 2.46. The minimum Gasteiger partial charge on any atom is -0.382 e. The molecule has 0 saturated carbocycles. The van der Waals surface area contributed by atoms with E-state index in [1.54, 1.807) is 0 Å². The molecule has 1 atom stereocenters. The van der Waals surface area contributed by atoms with E-state index in [1.165, 1.54) is 12.8 Å². The maximum atomic E-state index is 13.4. The van der Waals surface area contributed by atoms with E-state index in [1.807, 2.05) is 24.3 Å². The van der Waals surface area contributed by atoms with Gasteiger partial charge in [0.25, 0.3) is 0 Å². The van der Waals surface area contributed by atoms with Crippen LogP contribution in [0.25, 0.3) is 22.2 Å². The van der Waals surface area contributed by atoms with Gasteiger partial charge in [0, 0.05) is 35.9 Å². The molecule has 1 saturated heterocycles. The van der Waals surface area contributed by atoms with Gasteiger partial charge in [0.15, 0.2) is 11.5 Å². The van der Waals surface area contributed by atoms with Gasteiger partial charge in [0.1, 0.15) is 5.52 Å². The van der Waals surface area contributed by atoms with Gasteiger partial charge in [-0.05, 0) is 38.7 Å². The van der Waals surface area contributed by atoms with E-state index in [9.17, 15) is 4.79 Å². The first kappa shape index (κ1) is 17.3. The van der Waals surface area contributed by atoms with E-state index in [2.05, 4.69) is 42.2 Å². The van der Waals surface area contributed by atoms with Crippen LogP contribution in [0, 0.1) is 5.92 Å². The molecule has 5 heteroatoms. The number of aromatic nitrogens is 1. The SMILES string of the molecule is CC(C)Nc1cc(N2CCC[C@@H](C)C2)c2noc3c2c1C(=O)c1ccccc1-3. The predicted molar refractivity (Wildman–Crippen MR) is 112 cm³/mol. The van der Waals surface area contributed by atoms with E-state index in [0.717, 1.165) is 40.9 Å². The number of rotatable bonds is 3. The monoisotopic (exact) mass is 375 g/mol. The number of ketones is 1. The summed E-state index contributed by atoms with van der Waals surface area (Å²) < 4.78 is 5.83. The summed E-state index contributed by atoms with van der Waals surface area (Å²) in [7, 11) is 0. The van der Waals surface area contributed by atoms with Crippen molar-refractivity contribution in [3.8, 4) is 11.3 Å². The Labute approximate surface area is 164 Å². The number of hydrogen-bond donors (Lipinski definition) is 1. The molecule has 2 aromatic carbocycles. The molecule has 1 aliphatic heterocycles. The fraction of sp³-hybridized carbons (Fsp3) is 0.391. The fourth-order valence-corrected chi connectivity index (χ4v) is 4.62. The summed E-state index contributed by atoms with van der Waals surface area (Å²) in [5.74, 6) is 1.39. The van der Waals surface area contributed by atoms with Gasteiger partial charge in [-0.2, -0.15) is 0 Å². The third-order valence-electron chi connectivity index (χ3n) is 5.82. The largest absolute Gasteiger partial charge is 0.382 e. The summed E-state index contributed by atoms with van der Waals surface area (Å²) in [6.07, 6.45) is 2.43. The van der Waals surface area contributed by atoms with Gasteiger partial charge in [0.05, 0.1) is 16.6 Å². The molecule has 0 radical (unpaired) electrons. The zero-order valence-corrected chi connectivity index (χ0v) is 16.6. The number of carbonyl (C=O) groups excluding carboxylic acids is 1. The minimum absolute atomic E-state index is 0.0398. The smallest absolute Gasteiger partial charge is 0.196 e. The van der Waals surface area contributed by atoms with Gasteiger partial charge in [-0.25, -0.2) is 0 Å². The van der Waals surface area contributed by atoms with Crippen LogP contribution in [0.5, 0.6) is 0 Å². The number of piperidine rings is 1. The number of fused-ring (bicyclic) bond motifs is 2. The van der Waals surface area contributed by atoms with Gasteiger partial charge >= 0.3 is 0 Å². The van der Waals surface area contributed by atoms with Gasteiger partial charge in [-0.1, -0.05) is 36.3 Å². The normalized spacial score (nSPS) is 18.6. The molecule has 144 valence electrons. The summed E-state index contributed by atoms with van der Waals surface area (Å²) >= 11 is 0. The molecule has 1 fully saturated rings.